The van der Waals surface area contributed by atoms with Crippen molar-refractivity contribution < 1.29 is 18.0 Å². The molecule has 3 rings (SSSR count). The number of hydrogen-bond acceptors (Lipinski definition) is 4. The molecule has 1 atom stereocenters. The van der Waals surface area contributed by atoms with Crippen LogP contribution in [-0.2, 0) is 19.6 Å². The number of anilines is 1. The van der Waals surface area contributed by atoms with Gasteiger partial charge in [-0.15, -0.1) is 0 Å². The highest BCUT2D eigenvalue weighted by molar-refractivity contribution is 7.90. The SMILES string of the molecule is CC1CCC(NS(=O)(=O)CC(=O)N2CCCC(C(=O)Nc3ccccc3)C2)CC1. The zero-order valence-electron chi connectivity index (χ0n) is 17.0. The highest BCUT2D eigenvalue weighted by Crippen LogP contribution is 2.24. The summed E-state index contributed by atoms with van der Waals surface area (Å²) in [6, 6.07) is 9.12. The van der Waals surface area contributed by atoms with Crippen LogP contribution in [0.15, 0.2) is 30.3 Å². The van der Waals surface area contributed by atoms with Gasteiger partial charge in [-0.3, -0.25) is 9.59 Å². The van der Waals surface area contributed by atoms with Gasteiger partial charge in [-0.2, -0.15) is 0 Å². The minimum absolute atomic E-state index is 0.0743. The van der Waals surface area contributed by atoms with Crippen molar-refractivity contribution in [3.8, 4) is 0 Å². The number of benzene rings is 1. The molecule has 0 radical (unpaired) electrons. The van der Waals surface area contributed by atoms with Crippen molar-refractivity contribution in [2.45, 2.75) is 51.5 Å². The van der Waals surface area contributed by atoms with Crippen molar-refractivity contribution in [1.29, 1.82) is 0 Å². The fourth-order valence-electron chi connectivity index (χ4n) is 4.11. The van der Waals surface area contributed by atoms with Gasteiger partial charge in [-0.25, -0.2) is 13.1 Å². The number of nitrogens with zero attached hydrogens (tertiary/aromatic N) is 1. The van der Waals surface area contributed by atoms with Gasteiger partial charge in [0.05, 0.1) is 5.92 Å². The minimum atomic E-state index is -3.68. The van der Waals surface area contributed by atoms with E-state index >= 15 is 0 Å². The maximum Gasteiger partial charge on any atom is 0.239 e. The van der Waals surface area contributed by atoms with Gasteiger partial charge >= 0.3 is 0 Å². The zero-order chi connectivity index (χ0) is 20.9. The number of piperidine rings is 1. The molecule has 0 aromatic heterocycles. The summed E-state index contributed by atoms with van der Waals surface area (Å²) in [6.07, 6.45) is 5.03. The Morgan fingerprint density at radius 1 is 1.07 bits per heavy atom. The highest BCUT2D eigenvalue weighted by atomic mass is 32.2. The van der Waals surface area contributed by atoms with Gasteiger partial charge < -0.3 is 10.2 Å². The van der Waals surface area contributed by atoms with Crippen molar-refractivity contribution >= 4 is 27.5 Å². The van der Waals surface area contributed by atoms with Gasteiger partial charge in [0.1, 0.15) is 5.75 Å². The van der Waals surface area contributed by atoms with E-state index in [-0.39, 0.29) is 24.4 Å². The van der Waals surface area contributed by atoms with Crippen molar-refractivity contribution in [1.82, 2.24) is 9.62 Å². The summed E-state index contributed by atoms with van der Waals surface area (Å²) in [5.74, 6) is -0.815. The van der Waals surface area contributed by atoms with E-state index in [0.717, 1.165) is 31.4 Å². The molecule has 0 spiro atoms. The molecular formula is C21H31N3O4S. The molecule has 7 nitrogen and oxygen atoms in total. The van der Waals surface area contributed by atoms with Crippen LogP contribution in [0, 0.1) is 11.8 Å². The lowest BCUT2D eigenvalue weighted by molar-refractivity contribution is -0.132. The van der Waals surface area contributed by atoms with Crippen LogP contribution in [-0.4, -0.2) is 50.0 Å². The van der Waals surface area contributed by atoms with Crippen molar-refractivity contribution in [2.75, 3.05) is 24.2 Å². The lowest BCUT2D eigenvalue weighted by Gasteiger charge is -2.32. The van der Waals surface area contributed by atoms with Gasteiger partial charge in [0, 0.05) is 24.8 Å². The molecule has 1 aromatic rings. The molecule has 0 bridgehead atoms. The Morgan fingerprint density at radius 3 is 2.45 bits per heavy atom. The Kier molecular flexibility index (Phi) is 7.29. The van der Waals surface area contributed by atoms with E-state index in [4.69, 9.17) is 0 Å². The van der Waals surface area contributed by atoms with Crippen LogP contribution < -0.4 is 10.0 Å². The number of carbonyl (C=O) groups excluding carboxylic acids is 2. The van der Waals surface area contributed by atoms with Gasteiger partial charge in [0.15, 0.2) is 0 Å². The smallest absolute Gasteiger partial charge is 0.239 e. The summed E-state index contributed by atoms with van der Waals surface area (Å²) >= 11 is 0. The second-order valence-corrected chi connectivity index (χ2v) is 10.1. The number of para-hydroxylation sites is 1. The first-order chi connectivity index (χ1) is 13.8. The molecule has 1 aliphatic carbocycles. The Labute approximate surface area is 173 Å². The first-order valence-corrected chi connectivity index (χ1v) is 12.1. The van der Waals surface area contributed by atoms with E-state index in [1.54, 1.807) is 0 Å². The van der Waals surface area contributed by atoms with E-state index in [1.165, 1.54) is 4.90 Å². The molecule has 2 fully saturated rings. The first-order valence-electron chi connectivity index (χ1n) is 10.5. The van der Waals surface area contributed by atoms with Crippen molar-refractivity contribution in [3.05, 3.63) is 30.3 Å². The summed E-state index contributed by atoms with van der Waals surface area (Å²) in [4.78, 5) is 26.7. The third kappa shape index (κ3) is 6.54. The third-order valence-corrected chi connectivity index (χ3v) is 7.18. The largest absolute Gasteiger partial charge is 0.341 e. The predicted molar refractivity (Wildman–Crippen MR) is 113 cm³/mol. The Bertz CT molecular complexity index is 804. The number of rotatable bonds is 6. The van der Waals surface area contributed by atoms with Crippen LogP contribution >= 0.6 is 0 Å². The second kappa shape index (κ2) is 9.71. The van der Waals surface area contributed by atoms with Crippen LogP contribution in [0.1, 0.15) is 45.4 Å². The fraction of sp³-hybridized carbons (Fsp3) is 0.619. The maximum atomic E-state index is 12.6. The monoisotopic (exact) mass is 421 g/mol. The molecular weight excluding hydrogens is 390 g/mol. The van der Waals surface area contributed by atoms with E-state index in [9.17, 15) is 18.0 Å². The van der Waals surface area contributed by atoms with Gasteiger partial charge in [0.2, 0.25) is 21.8 Å². The molecule has 2 N–H and O–H groups in total. The molecule has 160 valence electrons. The summed E-state index contributed by atoms with van der Waals surface area (Å²) in [7, 11) is -3.68. The summed E-state index contributed by atoms with van der Waals surface area (Å²) < 4.78 is 27.6. The Balaban J connectivity index is 1.51. The summed E-state index contributed by atoms with van der Waals surface area (Å²) in [5, 5.41) is 2.87. The lowest BCUT2D eigenvalue weighted by atomic mass is 9.88. The van der Waals surface area contributed by atoms with Gasteiger partial charge in [-0.05, 0) is 56.6 Å². The van der Waals surface area contributed by atoms with Crippen LogP contribution in [0.5, 0.6) is 0 Å². The highest BCUT2D eigenvalue weighted by Gasteiger charge is 2.31. The van der Waals surface area contributed by atoms with Crippen molar-refractivity contribution in [2.24, 2.45) is 11.8 Å². The third-order valence-electron chi connectivity index (χ3n) is 5.86. The van der Waals surface area contributed by atoms with E-state index in [1.807, 2.05) is 30.3 Å². The van der Waals surface area contributed by atoms with Crippen LogP contribution in [0.25, 0.3) is 0 Å². The molecule has 1 aliphatic heterocycles. The van der Waals surface area contributed by atoms with Crippen LogP contribution in [0.4, 0.5) is 5.69 Å². The van der Waals surface area contributed by atoms with E-state index < -0.39 is 21.7 Å². The molecule has 1 saturated heterocycles. The Hall–Kier alpha value is -1.93. The minimum Gasteiger partial charge on any atom is -0.341 e. The Morgan fingerprint density at radius 2 is 1.76 bits per heavy atom. The number of likely N-dealkylation sites (tertiary alicyclic amines) is 1. The number of amides is 2. The number of nitrogens with one attached hydrogen (secondary N) is 2. The summed E-state index contributed by atoms with van der Waals surface area (Å²) in [5.41, 5.74) is 0.717. The van der Waals surface area contributed by atoms with Crippen molar-refractivity contribution in [3.63, 3.8) is 0 Å². The molecule has 8 heteroatoms. The van der Waals surface area contributed by atoms with E-state index in [0.29, 0.717) is 25.3 Å². The van der Waals surface area contributed by atoms with Crippen LogP contribution in [0.3, 0.4) is 0 Å². The van der Waals surface area contributed by atoms with Gasteiger partial charge in [-0.1, -0.05) is 25.1 Å². The molecule has 29 heavy (non-hydrogen) atoms. The van der Waals surface area contributed by atoms with Crippen LogP contribution in [0.2, 0.25) is 0 Å². The number of hydrogen-bond donors (Lipinski definition) is 2. The van der Waals surface area contributed by atoms with Gasteiger partial charge in [0.25, 0.3) is 0 Å². The molecule has 2 aliphatic rings. The average molecular weight is 422 g/mol. The zero-order valence-corrected chi connectivity index (χ0v) is 17.8. The topological polar surface area (TPSA) is 95.6 Å². The predicted octanol–water partition coefficient (Wildman–Crippen LogP) is 2.36. The normalized spacial score (nSPS) is 25.4. The lowest BCUT2D eigenvalue weighted by Crippen LogP contribution is -2.48. The fourth-order valence-corrected chi connectivity index (χ4v) is 5.45. The summed E-state index contributed by atoms with van der Waals surface area (Å²) in [6.45, 7) is 2.92. The molecule has 1 heterocycles. The first kappa shape index (κ1) is 21.8. The standard InChI is InChI=1S/C21H31N3O4S/c1-16-9-11-19(12-10-16)23-29(27,28)15-20(25)24-13-5-6-17(14-24)21(26)22-18-7-3-2-4-8-18/h2-4,7-8,16-17,19,23H,5-6,9-15H2,1H3,(H,22,26). The average Bonchev–Trinajstić information content (AvgIpc) is 2.70. The molecule has 1 saturated carbocycles. The second-order valence-electron chi connectivity index (χ2n) is 8.37. The maximum absolute atomic E-state index is 12.6. The number of carbonyl (C=O) groups is 2. The van der Waals surface area contributed by atoms with E-state index in [2.05, 4.69) is 17.0 Å². The molecule has 1 aromatic carbocycles. The molecule has 2 amide bonds. The number of sulfonamides is 1. The molecule has 1 unspecified atom stereocenters. The quantitative estimate of drug-likeness (QED) is 0.737.